The van der Waals surface area contributed by atoms with Gasteiger partial charge in [0, 0.05) is 13.1 Å². The van der Waals surface area contributed by atoms with Gasteiger partial charge in [0.05, 0.1) is 17.0 Å². The average Bonchev–Trinajstić information content (AvgIpc) is 2.62. The molecule has 1 aliphatic rings. The molecule has 1 saturated heterocycles. The zero-order valence-corrected chi connectivity index (χ0v) is 13.4. The fourth-order valence-electron chi connectivity index (χ4n) is 3.27. The van der Waals surface area contributed by atoms with Gasteiger partial charge in [-0.2, -0.15) is 0 Å². The largest absolute Gasteiger partial charge is 0.367 e. The van der Waals surface area contributed by atoms with Crippen molar-refractivity contribution in [2.45, 2.75) is 19.1 Å². The van der Waals surface area contributed by atoms with Crippen LogP contribution in [0.4, 0.5) is 10.2 Å². The van der Waals surface area contributed by atoms with E-state index in [-0.39, 0.29) is 18.0 Å². The van der Waals surface area contributed by atoms with Gasteiger partial charge in [0.15, 0.2) is 0 Å². The number of benzene rings is 2. The van der Waals surface area contributed by atoms with E-state index in [1.54, 1.807) is 6.07 Å². The second-order valence-corrected chi connectivity index (χ2v) is 6.08. The van der Waals surface area contributed by atoms with Crippen molar-refractivity contribution in [1.29, 1.82) is 0 Å². The van der Waals surface area contributed by atoms with Crippen molar-refractivity contribution in [2.24, 2.45) is 0 Å². The number of hydrogen-bond acceptors (Lipinski definition) is 4. The third kappa shape index (κ3) is 2.71. The number of ether oxygens (including phenoxy) is 1. The maximum absolute atomic E-state index is 14.4. The lowest BCUT2D eigenvalue weighted by Crippen LogP contribution is -2.43. The highest BCUT2D eigenvalue weighted by molar-refractivity contribution is 5.89. The van der Waals surface area contributed by atoms with Gasteiger partial charge in [0.1, 0.15) is 24.1 Å². The number of aromatic nitrogens is 2. The van der Waals surface area contributed by atoms with E-state index in [0.29, 0.717) is 29.8 Å². The number of halogens is 1. The highest BCUT2D eigenvalue weighted by atomic mass is 19.1. The zero-order chi connectivity index (χ0) is 16.5. The highest BCUT2D eigenvalue weighted by Gasteiger charge is 2.28. The molecule has 2 atom stereocenters. The molecular weight excluding hydrogens is 305 g/mol. The fourth-order valence-corrected chi connectivity index (χ4v) is 3.27. The van der Waals surface area contributed by atoms with Gasteiger partial charge in [0.2, 0.25) is 0 Å². The second-order valence-electron chi connectivity index (χ2n) is 6.08. The summed E-state index contributed by atoms with van der Waals surface area (Å²) in [5.74, 6) is 0.340. The number of morpholine rings is 1. The Kier molecular flexibility index (Phi) is 3.86. The first-order chi connectivity index (χ1) is 11.7. The van der Waals surface area contributed by atoms with E-state index < -0.39 is 0 Å². The van der Waals surface area contributed by atoms with E-state index >= 15 is 0 Å². The van der Waals surface area contributed by atoms with Crippen molar-refractivity contribution >= 4 is 16.7 Å². The van der Waals surface area contributed by atoms with E-state index in [1.165, 1.54) is 12.4 Å². The summed E-state index contributed by atoms with van der Waals surface area (Å²) in [5, 5.41) is 0.473. The monoisotopic (exact) mass is 323 g/mol. The summed E-state index contributed by atoms with van der Waals surface area (Å²) < 4.78 is 20.5. The molecule has 122 valence electrons. The molecule has 5 heteroatoms. The van der Waals surface area contributed by atoms with Crippen LogP contribution in [-0.4, -0.2) is 29.2 Å². The third-order valence-corrected chi connectivity index (χ3v) is 4.32. The Hall–Kier alpha value is -2.53. The zero-order valence-electron chi connectivity index (χ0n) is 13.4. The Morgan fingerprint density at radius 2 is 1.88 bits per heavy atom. The summed E-state index contributed by atoms with van der Waals surface area (Å²) in [5.41, 5.74) is 1.74. The molecule has 0 N–H and O–H groups in total. The van der Waals surface area contributed by atoms with Gasteiger partial charge in [-0.05, 0) is 24.6 Å². The minimum Gasteiger partial charge on any atom is -0.367 e. The molecule has 1 aromatic heterocycles. The molecule has 0 amide bonds. The van der Waals surface area contributed by atoms with E-state index in [9.17, 15) is 4.39 Å². The standard InChI is InChI=1S/C19H18FN3O/c1-13-10-23(11-17(24-13)14-6-3-2-4-7-14)19-18-15(20)8-5-9-16(18)21-12-22-19/h2-9,12-13,17H,10-11H2,1H3/t13-,17-/m1/s1. The minimum absolute atomic E-state index is 0.0285. The summed E-state index contributed by atoms with van der Waals surface area (Å²) in [4.78, 5) is 10.7. The van der Waals surface area contributed by atoms with Crippen LogP contribution in [-0.2, 0) is 4.74 Å². The Balaban J connectivity index is 1.74. The van der Waals surface area contributed by atoms with Crippen LogP contribution in [0.5, 0.6) is 0 Å². The molecule has 0 unspecified atom stereocenters. The number of rotatable bonds is 2. The maximum atomic E-state index is 14.4. The Bertz CT molecular complexity index is 850. The molecule has 0 radical (unpaired) electrons. The van der Waals surface area contributed by atoms with Gasteiger partial charge in [-0.1, -0.05) is 36.4 Å². The van der Waals surface area contributed by atoms with Gasteiger partial charge < -0.3 is 9.64 Å². The smallest absolute Gasteiger partial charge is 0.143 e. The van der Waals surface area contributed by atoms with Gasteiger partial charge in [0.25, 0.3) is 0 Å². The van der Waals surface area contributed by atoms with E-state index in [2.05, 4.69) is 27.0 Å². The molecule has 4 rings (SSSR count). The van der Waals surface area contributed by atoms with Crippen LogP contribution in [0.2, 0.25) is 0 Å². The molecule has 1 aliphatic heterocycles. The molecule has 24 heavy (non-hydrogen) atoms. The highest BCUT2D eigenvalue weighted by Crippen LogP contribution is 2.31. The van der Waals surface area contributed by atoms with Crippen LogP contribution in [0.25, 0.3) is 10.9 Å². The van der Waals surface area contributed by atoms with Crippen molar-refractivity contribution in [3.8, 4) is 0 Å². The summed E-state index contributed by atoms with van der Waals surface area (Å²) in [6.45, 7) is 3.33. The van der Waals surface area contributed by atoms with Gasteiger partial charge in [-0.15, -0.1) is 0 Å². The van der Waals surface area contributed by atoms with Crippen LogP contribution < -0.4 is 4.90 Å². The SMILES string of the molecule is C[C@@H]1CN(c2ncnc3cccc(F)c23)C[C@H](c2ccccc2)O1. The first-order valence-corrected chi connectivity index (χ1v) is 8.07. The van der Waals surface area contributed by atoms with Crippen molar-refractivity contribution in [3.05, 3.63) is 66.2 Å². The van der Waals surface area contributed by atoms with E-state index in [1.807, 2.05) is 31.2 Å². The molecular formula is C19H18FN3O. The van der Waals surface area contributed by atoms with Gasteiger partial charge >= 0.3 is 0 Å². The third-order valence-electron chi connectivity index (χ3n) is 4.32. The lowest BCUT2D eigenvalue weighted by molar-refractivity contribution is -0.0175. The predicted octanol–water partition coefficient (Wildman–Crippen LogP) is 3.74. The van der Waals surface area contributed by atoms with Crippen LogP contribution in [0, 0.1) is 5.82 Å². The van der Waals surface area contributed by atoms with Crippen molar-refractivity contribution in [1.82, 2.24) is 9.97 Å². The molecule has 2 aromatic carbocycles. The topological polar surface area (TPSA) is 38.2 Å². The maximum Gasteiger partial charge on any atom is 0.143 e. The van der Waals surface area contributed by atoms with Gasteiger partial charge in [-0.3, -0.25) is 0 Å². The molecule has 0 aliphatic carbocycles. The Labute approximate surface area is 139 Å². The fraction of sp³-hybridized carbons (Fsp3) is 0.263. The first-order valence-electron chi connectivity index (χ1n) is 8.07. The number of nitrogens with zero attached hydrogens (tertiary/aromatic N) is 3. The molecule has 4 nitrogen and oxygen atoms in total. The van der Waals surface area contributed by atoms with E-state index in [0.717, 1.165) is 5.56 Å². The van der Waals surface area contributed by atoms with E-state index in [4.69, 9.17) is 4.74 Å². The average molecular weight is 323 g/mol. The van der Waals surface area contributed by atoms with Crippen LogP contribution in [0.3, 0.4) is 0 Å². The Morgan fingerprint density at radius 3 is 2.71 bits per heavy atom. The minimum atomic E-state index is -0.293. The quantitative estimate of drug-likeness (QED) is 0.720. The summed E-state index contributed by atoms with van der Waals surface area (Å²) in [7, 11) is 0. The lowest BCUT2D eigenvalue weighted by atomic mass is 10.1. The molecule has 0 bridgehead atoms. The molecule has 3 aromatic rings. The lowest BCUT2D eigenvalue weighted by Gasteiger charge is -2.38. The number of anilines is 1. The normalized spacial score (nSPS) is 21.2. The predicted molar refractivity (Wildman–Crippen MR) is 91.4 cm³/mol. The number of hydrogen-bond donors (Lipinski definition) is 0. The van der Waals surface area contributed by atoms with Crippen LogP contribution in [0.1, 0.15) is 18.6 Å². The van der Waals surface area contributed by atoms with Crippen LogP contribution in [0.15, 0.2) is 54.9 Å². The first kappa shape index (κ1) is 15.0. The van der Waals surface area contributed by atoms with Crippen LogP contribution >= 0.6 is 0 Å². The summed E-state index contributed by atoms with van der Waals surface area (Å²) in [6.07, 6.45) is 1.46. The second kappa shape index (κ2) is 6.17. The number of fused-ring (bicyclic) bond motifs is 1. The van der Waals surface area contributed by atoms with Crippen molar-refractivity contribution in [2.75, 3.05) is 18.0 Å². The molecule has 0 saturated carbocycles. The Morgan fingerprint density at radius 1 is 1.04 bits per heavy atom. The molecule has 2 heterocycles. The summed E-state index contributed by atoms with van der Waals surface area (Å²) in [6, 6.07) is 15.0. The van der Waals surface area contributed by atoms with Crippen molar-refractivity contribution in [3.63, 3.8) is 0 Å². The van der Waals surface area contributed by atoms with Gasteiger partial charge in [-0.25, -0.2) is 14.4 Å². The summed E-state index contributed by atoms with van der Waals surface area (Å²) >= 11 is 0. The molecule has 1 fully saturated rings. The van der Waals surface area contributed by atoms with Crippen molar-refractivity contribution < 1.29 is 9.13 Å². The molecule has 0 spiro atoms.